The van der Waals surface area contributed by atoms with Crippen LogP contribution in [0.3, 0.4) is 0 Å². The Bertz CT molecular complexity index is 382. The van der Waals surface area contributed by atoms with Crippen molar-refractivity contribution in [3.63, 3.8) is 0 Å². The SMILES string of the molecule is Nc1ccc(N2CCOCC2)c(OC(F)F)c1. The van der Waals surface area contributed by atoms with Crippen LogP contribution in [-0.2, 0) is 4.74 Å². The monoisotopic (exact) mass is 244 g/mol. The van der Waals surface area contributed by atoms with E-state index in [4.69, 9.17) is 10.5 Å². The molecule has 0 atom stereocenters. The van der Waals surface area contributed by atoms with E-state index in [2.05, 4.69) is 4.74 Å². The van der Waals surface area contributed by atoms with Gasteiger partial charge in [0.25, 0.3) is 0 Å². The number of hydrogen-bond acceptors (Lipinski definition) is 4. The largest absolute Gasteiger partial charge is 0.433 e. The van der Waals surface area contributed by atoms with Crippen LogP contribution < -0.4 is 15.4 Å². The Morgan fingerprint density at radius 1 is 1.29 bits per heavy atom. The van der Waals surface area contributed by atoms with Crippen molar-refractivity contribution in [1.29, 1.82) is 0 Å². The Kier molecular flexibility index (Phi) is 3.63. The molecule has 1 aromatic carbocycles. The highest BCUT2D eigenvalue weighted by Gasteiger charge is 2.17. The van der Waals surface area contributed by atoms with Crippen LogP contribution >= 0.6 is 0 Å². The van der Waals surface area contributed by atoms with Gasteiger partial charge in [0.1, 0.15) is 0 Å². The first-order valence-corrected chi connectivity index (χ1v) is 5.34. The van der Waals surface area contributed by atoms with E-state index >= 15 is 0 Å². The quantitative estimate of drug-likeness (QED) is 0.822. The number of ether oxygens (including phenoxy) is 2. The molecule has 94 valence electrons. The average Bonchev–Trinajstić information content (AvgIpc) is 2.29. The smallest absolute Gasteiger partial charge is 0.387 e. The fourth-order valence-corrected chi connectivity index (χ4v) is 1.79. The number of nitrogens with zero attached hydrogens (tertiary/aromatic N) is 1. The van der Waals surface area contributed by atoms with E-state index < -0.39 is 6.61 Å². The van der Waals surface area contributed by atoms with Gasteiger partial charge in [-0.3, -0.25) is 0 Å². The zero-order chi connectivity index (χ0) is 12.3. The zero-order valence-electron chi connectivity index (χ0n) is 9.23. The van der Waals surface area contributed by atoms with Gasteiger partial charge < -0.3 is 20.1 Å². The third kappa shape index (κ3) is 2.97. The van der Waals surface area contributed by atoms with Crippen molar-refractivity contribution in [2.24, 2.45) is 0 Å². The summed E-state index contributed by atoms with van der Waals surface area (Å²) in [5.41, 5.74) is 6.59. The van der Waals surface area contributed by atoms with E-state index in [0.717, 1.165) is 0 Å². The van der Waals surface area contributed by atoms with Gasteiger partial charge in [-0.05, 0) is 12.1 Å². The Balaban J connectivity index is 2.24. The highest BCUT2D eigenvalue weighted by atomic mass is 19.3. The van der Waals surface area contributed by atoms with Gasteiger partial charge in [0.05, 0.1) is 18.9 Å². The average molecular weight is 244 g/mol. The molecule has 0 unspecified atom stereocenters. The van der Waals surface area contributed by atoms with Gasteiger partial charge in [0.2, 0.25) is 0 Å². The van der Waals surface area contributed by atoms with Crippen molar-refractivity contribution >= 4 is 11.4 Å². The van der Waals surface area contributed by atoms with Gasteiger partial charge in [0, 0.05) is 24.8 Å². The van der Waals surface area contributed by atoms with E-state index in [0.29, 0.717) is 37.7 Å². The first-order valence-electron chi connectivity index (χ1n) is 5.34. The normalized spacial score (nSPS) is 16.3. The number of rotatable bonds is 3. The van der Waals surface area contributed by atoms with Crippen LogP contribution in [0.4, 0.5) is 20.2 Å². The second kappa shape index (κ2) is 5.18. The molecule has 1 saturated heterocycles. The van der Waals surface area contributed by atoms with Crippen LogP contribution in [0.5, 0.6) is 5.75 Å². The molecule has 0 aromatic heterocycles. The minimum absolute atomic E-state index is 0.113. The predicted molar refractivity (Wildman–Crippen MR) is 60.5 cm³/mol. The van der Waals surface area contributed by atoms with E-state index in [1.165, 1.54) is 6.07 Å². The van der Waals surface area contributed by atoms with Crippen LogP contribution in [0, 0.1) is 0 Å². The van der Waals surface area contributed by atoms with E-state index in [1.54, 1.807) is 12.1 Å². The molecular formula is C11H14F2N2O2. The van der Waals surface area contributed by atoms with Crippen LogP contribution in [0.15, 0.2) is 18.2 Å². The molecule has 6 heteroatoms. The van der Waals surface area contributed by atoms with Crippen LogP contribution in [0.1, 0.15) is 0 Å². The maximum absolute atomic E-state index is 12.3. The molecule has 0 spiro atoms. The summed E-state index contributed by atoms with van der Waals surface area (Å²) in [5.74, 6) is 0.113. The summed E-state index contributed by atoms with van der Waals surface area (Å²) in [6.45, 7) is -0.374. The van der Waals surface area contributed by atoms with Crippen LogP contribution in [0.2, 0.25) is 0 Å². The van der Waals surface area contributed by atoms with Crippen molar-refractivity contribution in [3.05, 3.63) is 18.2 Å². The molecule has 1 aliphatic rings. The Labute approximate surface area is 97.9 Å². The third-order valence-electron chi connectivity index (χ3n) is 2.55. The molecule has 1 fully saturated rings. The zero-order valence-corrected chi connectivity index (χ0v) is 9.23. The minimum atomic E-state index is -2.85. The molecule has 1 aliphatic heterocycles. The number of nitrogens with two attached hydrogens (primary N) is 1. The Morgan fingerprint density at radius 3 is 2.65 bits per heavy atom. The predicted octanol–water partition coefficient (Wildman–Crippen LogP) is 1.71. The molecule has 0 aliphatic carbocycles. The van der Waals surface area contributed by atoms with Crippen molar-refractivity contribution in [3.8, 4) is 5.75 Å². The summed E-state index contributed by atoms with van der Waals surface area (Å²) in [4.78, 5) is 1.95. The minimum Gasteiger partial charge on any atom is -0.433 e. The van der Waals surface area contributed by atoms with Crippen molar-refractivity contribution in [1.82, 2.24) is 0 Å². The topological polar surface area (TPSA) is 47.7 Å². The molecular weight excluding hydrogens is 230 g/mol. The summed E-state index contributed by atoms with van der Waals surface area (Å²) in [6.07, 6.45) is 0. The number of halogens is 2. The third-order valence-corrected chi connectivity index (χ3v) is 2.55. The fourth-order valence-electron chi connectivity index (χ4n) is 1.79. The lowest BCUT2D eigenvalue weighted by Gasteiger charge is -2.30. The first-order chi connectivity index (χ1) is 8.16. The second-order valence-corrected chi connectivity index (χ2v) is 3.71. The van der Waals surface area contributed by atoms with Gasteiger partial charge in [-0.25, -0.2) is 0 Å². The van der Waals surface area contributed by atoms with E-state index in [9.17, 15) is 8.78 Å². The molecule has 0 amide bonds. The summed E-state index contributed by atoms with van der Waals surface area (Å²) in [5, 5.41) is 0. The van der Waals surface area contributed by atoms with E-state index in [-0.39, 0.29) is 5.75 Å². The molecule has 2 N–H and O–H groups in total. The maximum Gasteiger partial charge on any atom is 0.387 e. The number of hydrogen-bond donors (Lipinski definition) is 1. The highest BCUT2D eigenvalue weighted by Crippen LogP contribution is 2.32. The Hall–Kier alpha value is -1.56. The summed E-state index contributed by atoms with van der Waals surface area (Å²) >= 11 is 0. The fraction of sp³-hybridized carbons (Fsp3) is 0.455. The maximum atomic E-state index is 12.3. The lowest BCUT2D eigenvalue weighted by Crippen LogP contribution is -2.36. The van der Waals surface area contributed by atoms with Gasteiger partial charge in [0.15, 0.2) is 5.75 Å². The van der Waals surface area contributed by atoms with E-state index in [1.807, 2.05) is 4.90 Å². The highest BCUT2D eigenvalue weighted by molar-refractivity contribution is 5.64. The Morgan fingerprint density at radius 2 is 2.00 bits per heavy atom. The first kappa shape index (κ1) is 11.9. The lowest BCUT2D eigenvalue weighted by atomic mass is 10.2. The van der Waals surface area contributed by atoms with Gasteiger partial charge >= 0.3 is 6.61 Å². The number of morpholine rings is 1. The second-order valence-electron chi connectivity index (χ2n) is 3.71. The summed E-state index contributed by atoms with van der Waals surface area (Å²) in [6, 6.07) is 4.78. The van der Waals surface area contributed by atoms with Crippen molar-refractivity contribution in [2.75, 3.05) is 36.9 Å². The number of nitrogen functional groups attached to an aromatic ring is 1. The molecule has 0 bridgehead atoms. The molecule has 17 heavy (non-hydrogen) atoms. The lowest BCUT2D eigenvalue weighted by molar-refractivity contribution is -0.0495. The number of benzene rings is 1. The van der Waals surface area contributed by atoms with Gasteiger partial charge in [-0.2, -0.15) is 8.78 Å². The summed E-state index contributed by atoms with van der Waals surface area (Å²) < 4.78 is 34.3. The summed E-state index contributed by atoms with van der Waals surface area (Å²) in [7, 11) is 0. The number of alkyl halides is 2. The molecule has 1 aromatic rings. The number of anilines is 2. The van der Waals surface area contributed by atoms with Gasteiger partial charge in [-0.15, -0.1) is 0 Å². The van der Waals surface area contributed by atoms with Crippen molar-refractivity contribution < 1.29 is 18.3 Å². The molecule has 4 nitrogen and oxygen atoms in total. The molecule has 1 heterocycles. The molecule has 2 rings (SSSR count). The van der Waals surface area contributed by atoms with Crippen LogP contribution in [-0.4, -0.2) is 32.9 Å². The van der Waals surface area contributed by atoms with Crippen LogP contribution in [0.25, 0.3) is 0 Å². The molecule has 0 radical (unpaired) electrons. The standard InChI is InChI=1S/C11H14F2N2O2/c12-11(13)17-10-7-8(14)1-2-9(10)15-3-5-16-6-4-15/h1-2,7,11H,3-6,14H2. The molecule has 0 saturated carbocycles. The van der Waals surface area contributed by atoms with Gasteiger partial charge in [-0.1, -0.05) is 0 Å². The van der Waals surface area contributed by atoms with Crippen molar-refractivity contribution in [2.45, 2.75) is 6.61 Å².